The molecule has 6 nitrogen and oxygen atoms in total. The van der Waals surface area contributed by atoms with Crippen molar-refractivity contribution in [1.82, 2.24) is 14.8 Å². The molecular formula is C18H16ClN3O3. The molecule has 2 aromatic carbocycles. The molecule has 0 saturated heterocycles. The summed E-state index contributed by atoms with van der Waals surface area (Å²) >= 11 is 5.80. The van der Waals surface area contributed by atoms with Gasteiger partial charge in [-0.15, -0.1) is 0 Å². The van der Waals surface area contributed by atoms with E-state index in [2.05, 4.69) is 10.1 Å². The lowest BCUT2D eigenvalue weighted by Crippen LogP contribution is -2.12. The van der Waals surface area contributed by atoms with Gasteiger partial charge in [-0.25, -0.2) is 14.5 Å². The fourth-order valence-electron chi connectivity index (χ4n) is 2.16. The average Bonchev–Trinajstić information content (AvgIpc) is 3.14. The van der Waals surface area contributed by atoms with E-state index < -0.39 is 0 Å². The first-order valence-electron chi connectivity index (χ1n) is 7.67. The molecule has 0 saturated carbocycles. The number of nitrogens with zero attached hydrogens (tertiary/aromatic N) is 3. The van der Waals surface area contributed by atoms with Crippen molar-refractivity contribution in [2.45, 2.75) is 6.54 Å². The molecule has 0 N–H and O–H groups in total. The smallest absolute Gasteiger partial charge is 0.338 e. The lowest BCUT2D eigenvalue weighted by Gasteiger charge is -2.08. The molecule has 0 fully saturated rings. The summed E-state index contributed by atoms with van der Waals surface area (Å²) in [4.78, 5) is 15.9. The number of esters is 1. The van der Waals surface area contributed by atoms with Crippen LogP contribution in [0.15, 0.2) is 61.2 Å². The minimum absolute atomic E-state index is 0.169. The standard InChI is InChI=1S/C18H16ClN3O3/c19-16-5-7-17(8-6-16)24-9-10-25-18(23)15-3-1-14(2-4-15)11-22-13-20-12-21-22/h1-8,12-13H,9-11H2. The molecular weight excluding hydrogens is 342 g/mol. The fourth-order valence-corrected chi connectivity index (χ4v) is 2.28. The van der Waals surface area contributed by atoms with Gasteiger partial charge in [0.05, 0.1) is 12.1 Å². The minimum atomic E-state index is -0.382. The first kappa shape index (κ1) is 17.0. The van der Waals surface area contributed by atoms with Crippen LogP contribution >= 0.6 is 11.6 Å². The van der Waals surface area contributed by atoms with Crippen molar-refractivity contribution in [2.24, 2.45) is 0 Å². The maximum absolute atomic E-state index is 12.0. The van der Waals surface area contributed by atoms with Crippen LogP contribution in [0.4, 0.5) is 0 Å². The van der Waals surface area contributed by atoms with Gasteiger partial charge < -0.3 is 9.47 Å². The van der Waals surface area contributed by atoms with Crippen molar-refractivity contribution in [3.63, 3.8) is 0 Å². The average molecular weight is 358 g/mol. The molecule has 0 unspecified atom stereocenters. The van der Waals surface area contributed by atoms with Gasteiger partial charge in [-0.2, -0.15) is 5.10 Å². The van der Waals surface area contributed by atoms with Crippen LogP contribution < -0.4 is 4.74 Å². The number of rotatable bonds is 7. The third-order valence-electron chi connectivity index (χ3n) is 3.40. The van der Waals surface area contributed by atoms with Gasteiger partial charge >= 0.3 is 5.97 Å². The van der Waals surface area contributed by atoms with Crippen LogP contribution in [0.1, 0.15) is 15.9 Å². The number of carbonyl (C=O) groups is 1. The number of benzene rings is 2. The Hall–Kier alpha value is -2.86. The van der Waals surface area contributed by atoms with Crippen LogP contribution in [-0.4, -0.2) is 33.9 Å². The molecule has 1 aromatic heterocycles. The van der Waals surface area contributed by atoms with Crippen LogP contribution in [0.3, 0.4) is 0 Å². The zero-order valence-electron chi connectivity index (χ0n) is 13.3. The molecule has 0 bridgehead atoms. The third kappa shape index (κ3) is 5.06. The minimum Gasteiger partial charge on any atom is -0.490 e. The summed E-state index contributed by atoms with van der Waals surface area (Å²) in [5, 5.41) is 4.69. The Labute approximate surface area is 150 Å². The highest BCUT2D eigenvalue weighted by atomic mass is 35.5. The van der Waals surface area contributed by atoms with E-state index in [0.717, 1.165) is 5.56 Å². The second-order valence-corrected chi connectivity index (χ2v) is 5.66. The lowest BCUT2D eigenvalue weighted by molar-refractivity contribution is 0.0450. The molecule has 3 rings (SSSR count). The summed E-state index contributed by atoms with van der Waals surface area (Å²) < 4.78 is 12.4. The van der Waals surface area contributed by atoms with E-state index in [4.69, 9.17) is 21.1 Å². The van der Waals surface area contributed by atoms with Crippen LogP contribution in [0.2, 0.25) is 5.02 Å². The van der Waals surface area contributed by atoms with E-state index in [9.17, 15) is 4.79 Å². The second kappa shape index (κ2) is 8.30. The molecule has 25 heavy (non-hydrogen) atoms. The highest BCUT2D eigenvalue weighted by Crippen LogP contribution is 2.15. The van der Waals surface area contributed by atoms with E-state index in [1.807, 2.05) is 12.1 Å². The first-order chi connectivity index (χ1) is 12.2. The van der Waals surface area contributed by atoms with Gasteiger partial charge in [-0.05, 0) is 42.0 Å². The Bertz CT molecular complexity index is 803. The Balaban J connectivity index is 1.44. The normalized spacial score (nSPS) is 10.4. The van der Waals surface area contributed by atoms with Crippen molar-refractivity contribution < 1.29 is 14.3 Å². The number of halogens is 1. The van der Waals surface area contributed by atoms with Gasteiger partial charge in [0.1, 0.15) is 31.6 Å². The van der Waals surface area contributed by atoms with Crippen LogP contribution in [-0.2, 0) is 11.3 Å². The van der Waals surface area contributed by atoms with E-state index in [-0.39, 0.29) is 19.2 Å². The Morgan fingerprint density at radius 2 is 1.80 bits per heavy atom. The van der Waals surface area contributed by atoms with Crippen molar-refractivity contribution in [3.8, 4) is 5.75 Å². The number of carbonyl (C=O) groups excluding carboxylic acids is 1. The number of ether oxygens (including phenoxy) is 2. The van der Waals surface area contributed by atoms with E-state index in [1.54, 1.807) is 47.4 Å². The zero-order chi connectivity index (χ0) is 17.5. The predicted molar refractivity (Wildman–Crippen MR) is 92.8 cm³/mol. The van der Waals surface area contributed by atoms with Crippen molar-refractivity contribution in [1.29, 1.82) is 0 Å². The van der Waals surface area contributed by atoms with Gasteiger partial charge in [-0.1, -0.05) is 23.7 Å². The maximum Gasteiger partial charge on any atom is 0.338 e. The molecule has 0 aliphatic rings. The fraction of sp³-hybridized carbons (Fsp3) is 0.167. The topological polar surface area (TPSA) is 66.2 Å². The van der Waals surface area contributed by atoms with Crippen molar-refractivity contribution in [2.75, 3.05) is 13.2 Å². The summed E-state index contributed by atoms with van der Waals surface area (Å²) in [6.45, 7) is 1.05. The molecule has 0 aliphatic heterocycles. The van der Waals surface area contributed by atoms with Gasteiger partial charge in [0.2, 0.25) is 0 Å². The maximum atomic E-state index is 12.0. The summed E-state index contributed by atoms with van der Waals surface area (Å²) in [5.41, 5.74) is 1.52. The molecule has 0 aliphatic carbocycles. The molecule has 128 valence electrons. The zero-order valence-corrected chi connectivity index (χ0v) is 14.1. The second-order valence-electron chi connectivity index (χ2n) is 5.23. The third-order valence-corrected chi connectivity index (χ3v) is 3.65. The van der Waals surface area contributed by atoms with Crippen LogP contribution in [0, 0.1) is 0 Å². The van der Waals surface area contributed by atoms with E-state index >= 15 is 0 Å². The van der Waals surface area contributed by atoms with Gasteiger partial charge in [0.15, 0.2) is 0 Å². The molecule has 1 heterocycles. The highest BCUT2D eigenvalue weighted by molar-refractivity contribution is 6.30. The van der Waals surface area contributed by atoms with E-state index in [1.165, 1.54) is 6.33 Å². The van der Waals surface area contributed by atoms with Gasteiger partial charge in [0.25, 0.3) is 0 Å². The summed E-state index contributed by atoms with van der Waals surface area (Å²) in [6.07, 6.45) is 3.13. The number of hydrogen-bond donors (Lipinski definition) is 0. The number of aromatic nitrogens is 3. The summed E-state index contributed by atoms with van der Waals surface area (Å²) in [7, 11) is 0. The molecule has 7 heteroatoms. The number of hydrogen-bond acceptors (Lipinski definition) is 5. The SMILES string of the molecule is O=C(OCCOc1ccc(Cl)cc1)c1ccc(Cn2cncn2)cc1. The van der Waals surface area contributed by atoms with Gasteiger partial charge in [-0.3, -0.25) is 0 Å². The van der Waals surface area contributed by atoms with Crippen molar-refractivity contribution >= 4 is 17.6 Å². The van der Waals surface area contributed by atoms with Crippen LogP contribution in [0.5, 0.6) is 5.75 Å². The Morgan fingerprint density at radius 3 is 2.48 bits per heavy atom. The lowest BCUT2D eigenvalue weighted by atomic mass is 10.1. The summed E-state index contributed by atoms with van der Waals surface area (Å²) in [5.74, 6) is 0.296. The monoisotopic (exact) mass is 357 g/mol. The molecule has 0 radical (unpaired) electrons. The van der Waals surface area contributed by atoms with Gasteiger partial charge in [0, 0.05) is 5.02 Å². The predicted octanol–water partition coefficient (Wildman–Crippen LogP) is 3.22. The summed E-state index contributed by atoms with van der Waals surface area (Å²) in [6, 6.07) is 14.2. The molecule has 0 spiro atoms. The van der Waals surface area contributed by atoms with Crippen molar-refractivity contribution in [3.05, 3.63) is 77.3 Å². The first-order valence-corrected chi connectivity index (χ1v) is 8.05. The van der Waals surface area contributed by atoms with Crippen LogP contribution in [0.25, 0.3) is 0 Å². The molecule has 0 atom stereocenters. The molecule has 0 amide bonds. The highest BCUT2D eigenvalue weighted by Gasteiger charge is 2.07. The molecule has 3 aromatic rings. The quantitative estimate of drug-likeness (QED) is 0.480. The Morgan fingerprint density at radius 1 is 1.04 bits per heavy atom. The largest absolute Gasteiger partial charge is 0.490 e. The van der Waals surface area contributed by atoms with E-state index in [0.29, 0.717) is 22.9 Å². The Kier molecular flexibility index (Phi) is 5.64.